The summed E-state index contributed by atoms with van der Waals surface area (Å²) in [5.41, 5.74) is -0.429. The summed E-state index contributed by atoms with van der Waals surface area (Å²) in [5, 5.41) is 18.6. The Balaban J connectivity index is 1.91. The van der Waals surface area contributed by atoms with Crippen molar-refractivity contribution >= 4 is 29.2 Å². The zero-order valence-electron chi connectivity index (χ0n) is 14.5. The first kappa shape index (κ1) is 18.1. The van der Waals surface area contributed by atoms with Crippen LogP contribution in [0.3, 0.4) is 0 Å². The van der Waals surface area contributed by atoms with Crippen LogP contribution < -0.4 is 16.0 Å². The topological polar surface area (TPSA) is 130 Å². The van der Waals surface area contributed by atoms with Gasteiger partial charge in [-0.05, 0) is 37.6 Å². The molecule has 3 N–H and O–H groups in total. The second kappa shape index (κ2) is 6.52. The SMILES string of the molecule is Cc1cccc(C(=O)Nc2cccc([C@]3(C)NC(=O)NC3=O)c2)c1[N+](=O)[O-]. The van der Waals surface area contributed by atoms with Crippen LogP contribution in [0.4, 0.5) is 16.2 Å². The summed E-state index contributed by atoms with van der Waals surface area (Å²) in [4.78, 5) is 46.7. The van der Waals surface area contributed by atoms with Gasteiger partial charge in [0.1, 0.15) is 11.1 Å². The summed E-state index contributed by atoms with van der Waals surface area (Å²) >= 11 is 0. The Kier molecular flexibility index (Phi) is 4.36. The zero-order valence-corrected chi connectivity index (χ0v) is 14.5. The summed E-state index contributed by atoms with van der Waals surface area (Å²) in [6.07, 6.45) is 0. The van der Waals surface area contributed by atoms with Crippen LogP contribution in [0.2, 0.25) is 0 Å². The number of benzene rings is 2. The molecule has 2 aromatic rings. The molecular weight excluding hydrogens is 352 g/mol. The molecule has 0 radical (unpaired) electrons. The van der Waals surface area contributed by atoms with Crippen molar-refractivity contribution in [2.45, 2.75) is 19.4 Å². The van der Waals surface area contributed by atoms with Gasteiger partial charge in [-0.3, -0.25) is 25.0 Å². The summed E-state index contributed by atoms with van der Waals surface area (Å²) in [5.74, 6) is -1.15. The van der Waals surface area contributed by atoms with Crippen molar-refractivity contribution in [1.29, 1.82) is 0 Å². The van der Waals surface area contributed by atoms with Crippen molar-refractivity contribution in [2.75, 3.05) is 5.32 Å². The van der Waals surface area contributed by atoms with Gasteiger partial charge in [0, 0.05) is 11.3 Å². The van der Waals surface area contributed by atoms with Crippen LogP contribution in [0, 0.1) is 17.0 Å². The van der Waals surface area contributed by atoms with Crippen molar-refractivity contribution in [1.82, 2.24) is 10.6 Å². The summed E-state index contributed by atoms with van der Waals surface area (Å²) in [6, 6.07) is 10.2. The van der Waals surface area contributed by atoms with E-state index in [1.54, 1.807) is 44.2 Å². The summed E-state index contributed by atoms with van der Waals surface area (Å²) < 4.78 is 0. The van der Waals surface area contributed by atoms with Crippen molar-refractivity contribution in [3.8, 4) is 0 Å². The largest absolute Gasteiger partial charge is 0.322 e. The molecule has 1 fully saturated rings. The maximum Gasteiger partial charge on any atom is 0.322 e. The Hall–Kier alpha value is -3.75. The number of hydrogen-bond acceptors (Lipinski definition) is 5. The number of nitrogens with zero attached hydrogens (tertiary/aromatic N) is 1. The lowest BCUT2D eigenvalue weighted by atomic mass is 9.92. The Morgan fingerprint density at radius 2 is 1.89 bits per heavy atom. The molecule has 1 heterocycles. The molecule has 3 rings (SSSR count). The molecule has 138 valence electrons. The van der Waals surface area contributed by atoms with Gasteiger partial charge in [-0.2, -0.15) is 0 Å². The second-order valence-electron chi connectivity index (χ2n) is 6.30. The number of imide groups is 1. The number of hydrogen-bond donors (Lipinski definition) is 3. The standard InChI is InChI=1S/C18H16N4O5/c1-10-5-3-8-13(14(10)22(26)27)15(23)19-12-7-4-6-11(9-12)18(2)16(24)20-17(25)21-18/h3-9H,1-2H3,(H,19,23)(H2,20,21,24,25)/t18-/m0/s1. The van der Waals surface area contributed by atoms with E-state index < -0.39 is 28.3 Å². The number of aryl methyl sites for hydroxylation is 1. The Labute approximate surface area is 153 Å². The maximum absolute atomic E-state index is 12.6. The first-order valence-corrected chi connectivity index (χ1v) is 8.02. The van der Waals surface area contributed by atoms with Gasteiger partial charge < -0.3 is 10.6 Å². The number of para-hydroxylation sites is 1. The molecule has 0 unspecified atom stereocenters. The summed E-state index contributed by atoms with van der Waals surface area (Å²) in [6.45, 7) is 3.09. The predicted molar refractivity (Wildman–Crippen MR) is 96.3 cm³/mol. The number of carbonyl (C=O) groups is 3. The fourth-order valence-electron chi connectivity index (χ4n) is 2.94. The van der Waals surface area contributed by atoms with Gasteiger partial charge in [-0.1, -0.05) is 24.3 Å². The van der Waals surface area contributed by atoms with E-state index in [2.05, 4.69) is 16.0 Å². The number of rotatable bonds is 4. The molecule has 0 saturated carbocycles. The Bertz CT molecular complexity index is 987. The average molecular weight is 368 g/mol. The molecule has 2 aromatic carbocycles. The van der Waals surface area contributed by atoms with E-state index in [1.807, 2.05) is 0 Å². The molecule has 0 spiro atoms. The Morgan fingerprint density at radius 3 is 2.52 bits per heavy atom. The molecule has 0 aromatic heterocycles. The lowest BCUT2D eigenvalue weighted by molar-refractivity contribution is -0.385. The van der Waals surface area contributed by atoms with Gasteiger partial charge in [0.15, 0.2) is 0 Å². The number of urea groups is 1. The average Bonchev–Trinajstić information content (AvgIpc) is 2.87. The predicted octanol–water partition coefficient (Wildman–Crippen LogP) is 2.21. The van der Waals surface area contributed by atoms with Gasteiger partial charge in [0.2, 0.25) is 0 Å². The molecule has 9 nitrogen and oxygen atoms in total. The molecule has 0 bridgehead atoms. The number of carbonyl (C=O) groups excluding carboxylic acids is 3. The minimum atomic E-state index is -1.27. The number of nitro groups is 1. The van der Waals surface area contributed by atoms with Crippen molar-refractivity contribution < 1.29 is 19.3 Å². The minimum absolute atomic E-state index is 0.0662. The van der Waals surface area contributed by atoms with E-state index in [1.165, 1.54) is 12.1 Å². The van der Waals surface area contributed by atoms with Gasteiger partial charge in [0.25, 0.3) is 17.5 Å². The zero-order chi connectivity index (χ0) is 19.8. The smallest absolute Gasteiger partial charge is 0.322 e. The van der Waals surface area contributed by atoms with Crippen LogP contribution in [0.1, 0.15) is 28.4 Å². The maximum atomic E-state index is 12.6. The van der Waals surface area contributed by atoms with Gasteiger partial charge in [-0.15, -0.1) is 0 Å². The highest BCUT2D eigenvalue weighted by Crippen LogP contribution is 2.28. The molecule has 9 heteroatoms. The van der Waals surface area contributed by atoms with Crippen LogP contribution in [0.25, 0.3) is 0 Å². The van der Waals surface area contributed by atoms with E-state index >= 15 is 0 Å². The number of nitro benzene ring substituents is 1. The van der Waals surface area contributed by atoms with Gasteiger partial charge in [0.05, 0.1) is 4.92 Å². The van der Waals surface area contributed by atoms with Gasteiger partial charge >= 0.3 is 6.03 Å². The molecule has 0 aliphatic carbocycles. The third kappa shape index (κ3) is 3.22. The molecule has 1 saturated heterocycles. The van der Waals surface area contributed by atoms with E-state index in [0.29, 0.717) is 16.8 Å². The lowest BCUT2D eigenvalue weighted by Crippen LogP contribution is -2.40. The first-order valence-electron chi connectivity index (χ1n) is 8.02. The number of anilines is 1. The molecule has 1 aliphatic heterocycles. The van der Waals surface area contributed by atoms with Crippen LogP contribution in [0.5, 0.6) is 0 Å². The van der Waals surface area contributed by atoms with Crippen molar-refractivity contribution in [2.24, 2.45) is 0 Å². The fraction of sp³-hybridized carbons (Fsp3) is 0.167. The summed E-state index contributed by atoms with van der Waals surface area (Å²) in [7, 11) is 0. The third-order valence-corrected chi connectivity index (χ3v) is 4.41. The van der Waals surface area contributed by atoms with E-state index in [4.69, 9.17) is 0 Å². The molecule has 1 atom stereocenters. The highest BCUT2D eigenvalue weighted by molar-refractivity contribution is 6.08. The van der Waals surface area contributed by atoms with Crippen LogP contribution in [-0.2, 0) is 10.3 Å². The normalized spacial score (nSPS) is 18.6. The van der Waals surface area contributed by atoms with E-state index in [9.17, 15) is 24.5 Å². The first-order chi connectivity index (χ1) is 12.7. The minimum Gasteiger partial charge on any atom is -0.322 e. The van der Waals surface area contributed by atoms with Crippen LogP contribution in [0.15, 0.2) is 42.5 Å². The van der Waals surface area contributed by atoms with E-state index in [0.717, 1.165) is 0 Å². The Morgan fingerprint density at radius 1 is 1.19 bits per heavy atom. The molecular formula is C18H16N4O5. The van der Waals surface area contributed by atoms with E-state index in [-0.39, 0.29) is 11.3 Å². The highest BCUT2D eigenvalue weighted by Gasteiger charge is 2.43. The lowest BCUT2D eigenvalue weighted by Gasteiger charge is -2.21. The quantitative estimate of drug-likeness (QED) is 0.433. The second-order valence-corrected chi connectivity index (χ2v) is 6.30. The van der Waals surface area contributed by atoms with Crippen LogP contribution in [-0.4, -0.2) is 22.8 Å². The molecule has 4 amide bonds. The van der Waals surface area contributed by atoms with Crippen molar-refractivity contribution in [3.05, 3.63) is 69.3 Å². The van der Waals surface area contributed by atoms with Crippen LogP contribution >= 0.6 is 0 Å². The fourth-order valence-corrected chi connectivity index (χ4v) is 2.94. The monoisotopic (exact) mass is 368 g/mol. The van der Waals surface area contributed by atoms with Gasteiger partial charge in [-0.25, -0.2) is 4.79 Å². The third-order valence-electron chi connectivity index (χ3n) is 4.41. The number of nitrogens with one attached hydrogen (secondary N) is 3. The van der Waals surface area contributed by atoms with Crippen molar-refractivity contribution in [3.63, 3.8) is 0 Å². The molecule has 27 heavy (non-hydrogen) atoms. The molecule has 1 aliphatic rings. The number of amides is 4. The highest BCUT2D eigenvalue weighted by atomic mass is 16.6.